The highest BCUT2D eigenvalue weighted by atomic mass is 32.2. The molecule has 0 radical (unpaired) electrons. The number of para-hydroxylation sites is 3. The standard InChI is InChI=1S/C30H26N4O3S/c35-28(32-15-17-37-18-16-32)21-33-20-22(25-13-7-8-14-26(25)33)19-27-29(36)34(24-11-5-2-6-12-24)30(38-27)31-23-9-3-1-4-10-23/h1-14,19-20H,15-18,21H2/b27-19+,31-30?. The molecule has 2 aliphatic heterocycles. The van der Waals surface area contributed by atoms with Crippen molar-refractivity contribution in [2.75, 3.05) is 31.2 Å². The van der Waals surface area contributed by atoms with Crippen molar-refractivity contribution in [3.05, 3.63) is 102 Å². The molecular weight excluding hydrogens is 496 g/mol. The first-order valence-corrected chi connectivity index (χ1v) is 13.4. The Kier molecular flexibility index (Phi) is 6.81. The zero-order chi connectivity index (χ0) is 25.9. The largest absolute Gasteiger partial charge is 0.378 e. The van der Waals surface area contributed by atoms with Crippen LogP contribution in [0.1, 0.15) is 5.56 Å². The number of aliphatic imine (C=N–C) groups is 1. The Morgan fingerprint density at radius 3 is 2.37 bits per heavy atom. The molecule has 0 N–H and O–H groups in total. The second-order valence-corrected chi connectivity index (χ2v) is 10.0. The number of thioether (sulfide) groups is 1. The molecule has 4 aromatic rings. The maximum Gasteiger partial charge on any atom is 0.271 e. The highest BCUT2D eigenvalue weighted by molar-refractivity contribution is 8.19. The van der Waals surface area contributed by atoms with E-state index in [0.717, 1.165) is 27.8 Å². The van der Waals surface area contributed by atoms with Crippen LogP contribution in [0.3, 0.4) is 0 Å². The summed E-state index contributed by atoms with van der Waals surface area (Å²) >= 11 is 1.35. The van der Waals surface area contributed by atoms with Gasteiger partial charge in [0.15, 0.2) is 5.17 Å². The third-order valence-electron chi connectivity index (χ3n) is 6.58. The third-order valence-corrected chi connectivity index (χ3v) is 7.55. The van der Waals surface area contributed by atoms with E-state index in [0.29, 0.717) is 36.4 Å². The molecule has 2 fully saturated rings. The van der Waals surface area contributed by atoms with Gasteiger partial charge in [-0.1, -0.05) is 54.6 Å². The number of aromatic nitrogens is 1. The van der Waals surface area contributed by atoms with Crippen LogP contribution in [0.15, 0.2) is 101 Å². The topological polar surface area (TPSA) is 67.1 Å². The number of ether oxygens (including phenoxy) is 1. The van der Waals surface area contributed by atoms with Gasteiger partial charge in [0.25, 0.3) is 5.91 Å². The Hall–Kier alpha value is -4.14. The minimum absolute atomic E-state index is 0.0621. The minimum atomic E-state index is -0.128. The van der Waals surface area contributed by atoms with Crippen LogP contribution in [0.25, 0.3) is 17.0 Å². The maximum absolute atomic E-state index is 13.7. The Morgan fingerprint density at radius 2 is 1.61 bits per heavy atom. The number of morpholine rings is 1. The normalized spacial score (nSPS) is 18.2. The molecule has 2 amide bonds. The van der Waals surface area contributed by atoms with Gasteiger partial charge in [0, 0.05) is 35.8 Å². The lowest BCUT2D eigenvalue weighted by Crippen LogP contribution is -2.42. The summed E-state index contributed by atoms with van der Waals surface area (Å²) < 4.78 is 7.36. The highest BCUT2D eigenvalue weighted by Gasteiger charge is 2.35. The van der Waals surface area contributed by atoms with Gasteiger partial charge >= 0.3 is 0 Å². The fourth-order valence-electron chi connectivity index (χ4n) is 4.69. The smallest absolute Gasteiger partial charge is 0.271 e. The van der Waals surface area contributed by atoms with Crippen LogP contribution >= 0.6 is 11.8 Å². The van der Waals surface area contributed by atoms with Crippen molar-refractivity contribution < 1.29 is 14.3 Å². The Balaban J connectivity index is 1.37. The summed E-state index contributed by atoms with van der Waals surface area (Å²) in [5.74, 6) is -0.0655. The number of carbonyl (C=O) groups excluding carboxylic acids is 2. The quantitative estimate of drug-likeness (QED) is 0.333. The van der Waals surface area contributed by atoms with Crippen molar-refractivity contribution in [2.24, 2.45) is 4.99 Å². The van der Waals surface area contributed by atoms with E-state index in [-0.39, 0.29) is 18.4 Å². The van der Waals surface area contributed by atoms with Gasteiger partial charge in [-0.3, -0.25) is 14.5 Å². The zero-order valence-electron chi connectivity index (χ0n) is 20.7. The van der Waals surface area contributed by atoms with Crippen molar-refractivity contribution in [3.63, 3.8) is 0 Å². The van der Waals surface area contributed by atoms with Crippen LogP contribution in [-0.4, -0.2) is 52.8 Å². The zero-order valence-corrected chi connectivity index (χ0v) is 21.5. The molecule has 0 bridgehead atoms. The molecule has 38 heavy (non-hydrogen) atoms. The second kappa shape index (κ2) is 10.7. The third kappa shape index (κ3) is 4.88. The van der Waals surface area contributed by atoms with E-state index in [9.17, 15) is 9.59 Å². The first-order valence-electron chi connectivity index (χ1n) is 12.5. The van der Waals surface area contributed by atoms with Crippen molar-refractivity contribution in [2.45, 2.75) is 6.54 Å². The Labute approximate surface area is 225 Å². The van der Waals surface area contributed by atoms with Gasteiger partial charge in [-0.25, -0.2) is 4.99 Å². The summed E-state index contributed by atoms with van der Waals surface area (Å²) in [5.41, 5.74) is 3.39. The van der Waals surface area contributed by atoms with Gasteiger partial charge in [0.1, 0.15) is 6.54 Å². The number of amides is 2. The van der Waals surface area contributed by atoms with Gasteiger partial charge < -0.3 is 14.2 Å². The molecule has 7 nitrogen and oxygen atoms in total. The van der Waals surface area contributed by atoms with Crippen LogP contribution in [0.4, 0.5) is 11.4 Å². The predicted octanol–water partition coefficient (Wildman–Crippen LogP) is 5.31. The number of hydrogen-bond acceptors (Lipinski definition) is 5. The molecule has 0 spiro atoms. The molecule has 0 saturated carbocycles. The molecule has 0 unspecified atom stereocenters. The molecule has 3 heterocycles. The summed E-state index contributed by atoms with van der Waals surface area (Å²) in [4.78, 5) is 35.6. The number of anilines is 1. The summed E-state index contributed by atoms with van der Waals surface area (Å²) in [6.07, 6.45) is 3.87. The van der Waals surface area contributed by atoms with E-state index in [1.54, 1.807) is 4.90 Å². The second-order valence-electron chi connectivity index (χ2n) is 9.04. The number of fused-ring (bicyclic) bond motifs is 1. The van der Waals surface area contributed by atoms with Crippen LogP contribution in [0, 0.1) is 0 Å². The molecule has 3 aromatic carbocycles. The van der Waals surface area contributed by atoms with E-state index < -0.39 is 0 Å². The monoisotopic (exact) mass is 522 g/mol. The van der Waals surface area contributed by atoms with Gasteiger partial charge in [-0.15, -0.1) is 0 Å². The van der Waals surface area contributed by atoms with E-state index >= 15 is 0 Å². The number of rotatable bonds is 5. The summed E-state index contributed by atoms with van der Waals surface area (Å²) in [5, 5.41) is 1.59. The molecule has 2 saturated heterocycles. The number of carbonyl (C=O) groups is 2. The molecular formula is C30H26N4O3S. The first-order chi connectivity index (χ1) is 18.7. The van der Waals surface area contributed by atoms with E-state index in [1.807, 2.05) is 107 Å². The predicted molar refractivity (Wildman–Crippen MR) is 152 cm³/mol. The molecule has 1 aromatic heterocycles. The van der Waals surface area contributed by atoms with Crippen molar-refractivity contribution >= 4 is 57.1 Å². The maximum atomic E-state index is 13.7. The van der Waals surface area contributed by atoms with Gasteiger partial charge in [-0.2, -0.15) is 0 Å². The average Bonchev–Trinajstić information content (AvgIpc) is 3.46. The summed E-state index contributed by atoms with van der Waals surface area (Å²) in [6, 6.07) is 27.2. The Bertz CT molecular complexity index is 1540. The number of benzene rings is 3. The van der Waals surface area contributed by atoms with Gasteiger partial charge in [-0.05, 0) is 48.2 Å². The van der Waals surface area contributed by atoms with Crippen molar-refractivity contribution in [3.8, 4) is 0 Å². The van der Waals surface area contributed by atoms with Gasteiger partial charge in [0.2, 0.25) is 5.91 Å². The summed E-state index contributed by atoms with van der Waals surface area (Å²) in [7, 11) is 0. The van der Waals surface area contributed by atoms with Crippen molar-refractivity contribution in [1.29, 1.82) is 0 Å². The van der Waals surface area contributed by atoms with Crippen molar-refractivity contribution in [1.82, 2.24) is 9.47 Å². The van der Waals surface area contributed by atoms with E-state index in [4.69, 9.17) is 9.73 Å². The molecule has 190 valence electrons. The fourth-order valence-corrected chi connectivity index (χ4v) is 5.68. The van der Waals surface area contributed by atoms with Crippen LogP contribution < -0.4 is 4.90 Å². The first kappa shape index (κ1) is 24.2. The lowest BCUT2D eigenvalue weighted by molar-refractivity contribution is -0.135. The van der Waals surface area contributed by atoms with Crippen LogP contribution in [0.5, 0.6) is 0 Å². The lowest BCUT2D eigenvalue weighted by atomic mass is 10.1. The van der Waals surface area contributed by atoms with Crippen LogP contribution in [-0.2, 0) is 20.9 Å². The molecule has 0 aliphatic carbocycles. The highest BCUT2D eigenvalue weighted by Crippen LogP contribution is 2.38. The molecule has 8 heteroatoms. The lowest BCUT2D eigenvalue weighted by Gasteiger charge is -2.27. The summed E-state index contributed by atoms with van der Waals surface area (Å²) in [6.45, 7) is 2.60. The van der Waals surface area contributed by atoms with E-state index in [2.05, 4.69) is 0 Å². The number of hydrogen-bond donors (Lipinski definition) is 0. The fraction of sp³-hybridized carbons (Fsp3) is 0.167. The minimum Gasteiger partial charge on any atom is -0.378 e. The Morgan fingerprint density at radius 1 is 0.921 bits per heavy atom. The SMILES string of the molecule is O=C(Cn1cc(/C=C2/SC(=Nc3ccccc3)N(c3ccccc3)C2=O)c2ccccc21)N1CCOCC1. The molecule has 6 rings (SSSR count). The molecule has 2 aliphatic rings. The van der Waals surface area contributed by atoms with Gasteiger partial charge in [0.05, 0.1) is 29.5 Å². The van der Waals surface area contributed by atoms with Crippen LogP contribution in [0.2, 0.25) is 0 Å². The molecule has 0 atom stereocenters. The van der Waals surface area contributed by atoms with E-state index in [1.165, 1.54) is 11.8 Å². The average molecular weight is 523 g/mol. The number of amidine groups is 1. The number of nitrogens with zero attached hydrogens (tertiary/aromatic N) is 4.